The first-order valence-corrected chi connectivity index (χ1v) is 9.66. The van der Waals surface area contributed by atoms with Crippen LogP contribution in [-0.2, 0) is 0 Å². The molecule has 1 aromatic heterocycles. The van der Waals surface area contributed by atoms with E-state index in [0.717, 1.165) is 11.3 Å². The third kappa shape index (κ3) is 4.91. The molecule has 0 saturated heterocycles. The van der Waals surface area contributed by atoms with Gasteiger partial charge in [-0.1, -0.05) is 36.4 Å². The van der Waals surface area contributed by atoms with Crippen molar-refractivity contribution in [1.29, 1.82) is 0 Å². The molecule has 0 aliphatic carbocycles. The molecule has 1 heterocycles. The fraction of sp³-hybridized carbons (Fsp3) is 0.125. The molecule has 32 heavy (non-hydrogen) atoms. The van der Waals surface area contributed by atoms with Crippen LogP contribution in [0.25, 0.3) is 28.2 Å². The molecule has 0 spiro atoms. The van der Waals surface area contributed by atoms with E-state index < -0.39 is 13.2 Å². The molecule has 0 radical (unpaired) electrons. The van der Waals surface area contributed by atoms with Gasteiger partial charge in [0, 0.05) is 11.1 Å². The van der Waals surface area contributed by atoms with Crippen molar-refractivity contribution in [2.45, 2.75) is 20.1 Å². The van der Waals surface area contributed by atoms with E-state index in [1.165, 1.54) is 24.3 Å². The lowest BCUT2D eigenvalue weighted by atomic mass is 10.1. The Kier molecular flexibility index (Phi) is 6.11. The minimum Gasteiger partial charge on any atom is -0.435 e. The standard InChI is InChI=1S/C24H18F4N2O2/c1-15-5-2-8-18(11-15)30-22(17-7-4-10-20(13-17)32-24(27)28)14-21(29-30)16-6-3-9-19(12-16)31-23(25)26/h2-14,23-24H,1H3. The Morgan fingerprint density at radius 2 is 1.31 bits per heavy atom. The van der Waals surface area contributed by atoms with Crippen LogP contribution < -0.4 is 9.47 Å². The monoisotopic (exact) mass is 442 g/mol. The maximum absolute atomic E-state index is 12.7. The van der Waals surface area contributed by atoms with E-state index in [1.54, 1.807) is 35.0 Å². The number of aryl methyl sites for hydroxylation is 1. The molecule has 0 bridgehead atoms. The molecule has 0 atom stereocenters. The number of benzene rings is 3. The average molecular weight is 442 g/mol. The van der Waals surface area contributed by atoms with Gasteiger partial charge in [-0.25, -0.2) is 4.68 Å². The highest BCUT2D eigenvalue weighted by Crippen LogP contribution is 2.32. The zero-order valence-electron chi connectivity index (χ0n) is 16.9. The molecule has 4 nitrogen and oxygen atoms in total. The molecule has 4 rings (SSSR count). The van der Waals surface area contributed by atoms with Gasteiger partial charge in [0.25, 0.3) is 0 Å². The first-order chi connectivity index (χ1) is 15.4. The van der Waals surface area contributed by atoms with Gasteiger partial charge < -0.3 is 9.47 Å². The summed E-state index contributed by atoms with van der Waals surface area (Å²) in [5.74, 6) is 0.0276. The zero-order valence-corrected chi connectivity index (χ0v) is 16.9. The van der Waals surface area contributed by atoms with Crippen LogP contribution in [0.4, 0.5) is 17.6 Å². The van der Waals surface area contributed by atoms with Crippen LogP contribution in [0.3, 0.4) is 0 Å². The van der Waals surface area contributed by atoms with E-state index in [4.69, 9.17) is 0 Å². The van der Waals surface area contributed by atoms with Crippen LogP contribution >= 0.6 is 0 Å². The van der Waals surface area contributed by atoms with Gasteiger partial charge in [-0.2, -0.15) is 22.7 Å². The summed E-state index contributed by atoms with van der Waals surface area (Å²) >= 11 is 0. The van der Waals surface area contributed by atoms with Crippen molar-refractivity contribution in [3.05, 3.63) is 84.4 Å². The summed E-state index contributed by atoms with van der Waals surface area (Å²) in [6.07, 6.45) is 0. The summed E-state index contributed by atoms with van der Waals surface area (Å²) in [5, 5.41) is 4.66. The van der Waals surface area contributed by atoms with Crippen LogP contribution in [0.5, 0.6) is 11.5 Å². The van der Waals surface area contributed by atoms with Crippen molar-refractivity contribution in [1.82, 2.24) is 9.78 Å². The molecule has 4 aromatic rings. The number of rotatable bonds is 7. The Morgan fingerprint density at radius 3 is 1.94 bits per heavy atom. The van der Waals surface area contributed by atoms with Gasteiger partial charge in [0.15, 0.2) is 0 Å². The van der Waals surface area contributed by atoms with Gasteiger partial charge in [-0.05, 0) is 55.0 Å². The van der Waals surface area contributed by atoms with Crippen molar-refractivity contribution in [3.8, 4) is 39.7 Å². The van der Waals surface area contributed by atoms with Gasteiger partial charge in [0.1, 0.15) is 11.5 Å². The summed E-state index contributed by atoms with van der Waals surface area (Å²) in [6.45, 7) is -3.95. The van der Waals surface area contributed by atoms with Crippen molar-refractivity contribution < 1.29 is 27.0 Å². The molecular weight excluding hydrogens is 424 g/mol. The summed E-state index contributed by atoms with van der Waals surface area (Å²) in [4.78, 5) is 0. The highest BCUT2D eigenvalue weighted by molar-refractivity contribution is 5.72. The largest absolute Gasteiger partial charge is 0.435 e. The number of hydrogen-bond donors (Lipinski definition) is 0. The molecule has 0 aliphatic heterocycles. The smallest absolute Gasteiger partial charge is 0.387 e. The second kappa shape index (κ2) is 9.13. The molecule has 164 valence electrons. The number of nitrogens with zero attached hydrogens (tertiary/aromatic N) is 2. The summed E-state index contributed by atoms with van der Waals surface area (Å²) < 4.78 is 61.3. The Labute approximate surface area is 181 Å². The maximum Gasteiger partial charge on any atom is 0.387 e. The minimum atomic E-state index is -2.94. The predicted molar refractivity (Wildman–Crippen MR) is 112 cm³/mol. The Balaban J connectivity index is 1.83. The normalized spacial score (nSPS) is 11.2. The first-order valence-electron chi connectivity index (χ1n) is 9.66. The zero-order chi connectivity index (χ0) is 22.7. The fourth-order valence-electron chi connectivity index (χ4n) is 3.35. The summed E-state index contributed by atoms with van der Waals surface area (Å²) in [7, 11) is 0. The quantitative estimate of drug-likeness (QED) is 0.298. The van der Waals surface area contributed by atoms with E-state index in [0.29, 0.717) is 22.5 Å². The van der Waals surface area contributed by atoms with Gasteiger partial charge in [0.05, 0.1) is 17.1 Å². The van der Waals surface area contributed by atoms with Gasteiger partial charge in [-0.15, -0.1) is 0 Å². The van der Waals surface area contributed by atoms with Gasteiger partial charge in [-0.3, -0.25) is 0 Å². The third-order valence-corrected chi connectivity index (χ3v) is 4.67. The molecule has 0 fully saturated rings. The van der Waals surface area contributed by atoms with Gasteiger partial charge in [0.2, 0.25) is 0 Å². The molecule has 0 aliphatic rings. The first kappa shape index (κ1) is 21.4. The van der Waals surface area contributed by atoms with Crippen LogP contribution in [0.15, 0.2) is 78.9 Å². The number of aromatic nitrogens is 2. The van der Waals surface area contributed by atoms with E-state index in [9.17, 15) is 17.6 Å². The number of hydrogen-bond acceptors (Lipinski definition) is 3. The van der Waals surface area contributed by atoms with E-state index in [1.807, 2.05) is 31.2 Å². The molecule has 0 saturated carbocycles. The molecular formula is C24H18F4N2O2. The Hall–Kier alpha value is -3.81. The van der Waals surface area contributed by atoms with Crippen LogP contribution in [0, 0.1) is 6.92 Å². The molecule has 3 aromatic carbocycles. The molecule has 0 unspecified atom stereocenters. The van der Waals surface area contributed by atoms with Crippen LogP contribution in [0.1, 0.15) is 5.56 Å². The van der Waals surface area contributed by atoms with Crippen molar-refractivity contribution in [3.63, 3.8) is 0 Å². The van der Waals surface area contributed by atoms with E-state index in [2.05, 4.69) is 14.6 Å². The van der Waals surface area contributed by atoms with Crippen molar-refractivity contribution >= 4 is 0 Å². The van der Waals surface area contributed by atoms with E-state index in [-0.39, 0.29) is 11.5 Å². The highest BCUT2D eigenvalue weighted by Gasteiger charge is 2.16. The fourth-order valence-corrected chi connectivity index (χ4v) is 3.35. The molecule has 0 N–H and O–H groups in total. The lowest BCUT2D eigenvalue weighted by Crippen LogP contribution is -2.03. The highest BCUT2D eigenvalue weighted by atomic mass is 19.3. The van der Waals surface area contributed by atoms with Crippen molar-refractivity contribution in [2.75, 3.05) is 0 Å². The number of ether oxygens (including phenoxy) is 2. The predicted octanol–water partition coefficient (Wildman–Crippen LogP) is 6.72. The number of halogens is 4. The number of alkyl halides is 4. The second-order valence-electron chi connectivity index (χ2n) is 6.98. The summed E-state index contributed by atoms with van der Waals surface area (Å²) in [5.41, 5.74) is 4.05. The van der Waals surface area contributed by atoms with Crippen molar-refractivity contribution in [2.24, 2.45) is 0 Å². The third-order valence-electron chi connectivity index (χ3n) is 4.67. The molecule has 8 heteroatoms. The Morgan fingerprint density at radius 1 is 0.719 bits per heavy atom. The lowest BCUT2D eigenvalue weighted by Gasteiger charge is -2.10. The van der Waals surface area contributed by atoms with Gasteiger partial charge >= 0.3 is 13.2 Å². The SMILES string of the molecule is Cc1cccc(-n2nc(-c3cccc(OC(F)F)c3)cc2-c2cccc(OC(F)F)c2)c1. The minimum absolute atomic E-state index is 0.0106. The maximum atomic E-state index is 12.7. The summed E-state index contributed by atoms with van der Waals surface area (Å²) in [6, 6.07) is 21.9. The lowest BCUT2D eigenvalue weighted by molar-refractivity contribution is -0.0505. The molecule has 0 amide bonds. The van der Waals surface area contributed by atoms with E-state index >= 15 is 0 Å². The topological polar surface area (TPSA) is 36.3 Å². The average Bonchev–Trinajstić information content (AvgIpc) is 3.19. The Bertz CT molecular complexity index is 1220. The van der Waals surface area contributed by atoms with Crippen LogP contribution in [0.2, 0.25) is 0 Å². The van der Waals surface area contributed by atoms with Crippen LogP contribution in [-0.4, -0.2) is 23.0 Å². The second-order valence-corrected chi connectivity index (χ2v) is 6.98.